The second-order valence-corrected chi connectivity index (χ2v) is 4.79. The van der Waals surface area contributed by atoms with E-state index in [1.165, 1.54) is 6.20 Å². The maximum atomic E-state index is 12.8. The lowest BCUT2D eigenvalue weighted by Crippen LogP contribution is -2.38. The zero-order valence-electron chi connectivity index (χ0n) is 10.7. The Morgan fingerprint density at radius 2 is 1.95 bits per heavy atom. The number of primary amides is 1. The summed E-state index contributed by atoms with van der Waals surface area (Å²) in [6, 6.07) is 9.35. The lowest BCUT2D eigenvalue weighted by atomic mass is 9.91. The van der Waals surface area contributed by atoms with E-state index in [0.29, 0.717) is 6.54 Å². The van der Waals surface area contributed by atoms with Gasteiger partial charge in [-0.25, -0.2) is 0 Å². The number of amides is 1. The van der Waals surface area contributed by atoms with Crippen molar-refractivity contribution in [2.45, 2.75) is 19.1 Å². The Balaban J connectivity index is 2.19. The second kappa shape index (κ2) is 5.56. The van der Waals surface area contributed by atoms with E-state index >= 15 is 0 Å². The number of nitrogens with two attached hydrogens (primary N) is 1. The van der Waals surface area contributed by atoms with Crippen LogP contribution in [-0.4, -0.2) is 23.5 Å². The molecule has 20 heavy (non-hydrogen) atoms. The zero-order chi connectivity index (χ0) is 14.8. The molecule has 6 heteroatoms. The first kappa shape index (κ1) is 14.4. The molecule has 1 atom stereocenters. The minimum absolute atomic E-state index is 0.148. The summed E-state index contributed by atoms with van der Waals surface area (Å²) < 4.78 is 38.5. The van der Waals surface area contributed by atoms with Crippen LogP contribution in [0.25, 0.3) is 0 Å². The topological polar surface area (TPSA) is 46.3 Å². The molecule has 3 nitrogen and oxygen atoms in total. The highest BCUT2D eigenvalue weighted by atomic mass is 19.4. The molecule has 0 aromatic heterocycles. The molecule has 1 aromatic rings. The summed E-state index contributed by atoms with van der Waals surface area (Å²) in [5.41, 5.74) is 5.68. The lowest BCUT2D eigenvalue weighted by Gasteiger charge is -2.32. The van der Waals surface area contributed by atoms with Gasteiger partial charge in [0.2, 0.25) is 5.91 Å². The van der Waals surface area contributed by atoms with Gasteiger partial charge in [-0.15, -0.1) is 0 Å². The van der Waals surface area contributed by atoms with Crippen LogP contribution in [0.4, 0.5) is 13.2 Å². The van der Waals surface area contributed by atoms with E-state index in [4.69, 9.17) is 5.73 Å². The van der Waals surface area contributed by atoms with Gasteiger partial charge in [-0.3, -0.25) is 4.79 Å². The van der Waals surface area contributed by atoms with Crippen LogP contribution in [0.5, 0.6) is 0 Å². The molecule has 0 fully saturated rings. The van der Waals surface area contributed by atoms with Crippen molar-refractivity contribution in [2.24, 2.45) is 11.7 Å². The van der Waals surface area contributed by atoms with Gasteiger partial charge in [0.1, 0.15) is 0 Å². The summed E-state index contributed by atoms with van der Waals surface area (Å²) in [6.07, 6.45) is -3.33. The molecular formula is C14H15F3N2O. The normalized spacial score (nSPS) is 19.6. The number of hydrogen-bond donors (Lipinski definition) is 1. The van der Waals surface area contributed by atoms with Crippen LogP contribution < -0.4 is 5.73 Å². The highest BCUT2D eigenvalue weighted by Crippen LogP contribution is 2.37. The maximum absolute atomic E-state index is 12.8. The first-order valence-corrected chi connectivity index (χ1v) is 6.24. The fourth-order valence-electron chi connectivity index (χ4n) is 2.32. The number of hydrogen-bond acceptors (Lipinski definition) is 2. The third-order valence-corrected chi connectivity index (χ3v) is 3.31. The van der Waals surface area contributed by atoms with Gasteiger partial charge in [-0.1, -0.05) is 30.3 Å². The molecule has 1 aliphatic heterocycles. The first-order valence-electron chi connectivity index (χ1n) is 6.24. The summed E-state index contributed by atoms with van der Waals surface area (Å²) in [4.78, 5) is 12.9. The van der Waals surface area contributed by atoms with Crippen molar-refractivity contribution in [2.75, 3.05) is 6.54 Å². The largest absolute Gasteiger partial charge is 0.396 e. The third-order valence-electron chi connectivity index (χ3n) is 3.31. The van der Waals surface area contributed by atoms with Crippen LogP contribution in [0.2, 0.25) is 0 Å². The maximum Gasteiger partial charge on any atom is 0.396 e. The molecule has 1 heterocycles. The smallest absolute Gasteiger partial charge is 0.373 e. The molecule has 1 amide bonds. The summed E-state index contributed by atoms with van der Waals surface area (Å²) >= 11 is 0. The SMILES string of the molecule is NC(=O)C1=CN(Cc2ccccc2)CC[C@H]1C(F)(F)F. The Labute approximate surface area is 114 Å². The van der Waals surface area contributed by atoms with Gasteiger partial charge in [0, 0.05) is 24.9 Å². The fraction of sp³-hybridized carbons (Fsp3) is 0.357. The molecule has 0 spiro atoms. The predicted molar refractivity (Wildman–Crippen MR) is 68.3 cm³/mol. The molecule has 0 saturated heterocycles. The van der Waals surface area contributed by atoms with Crippen molar-refractivity contribution >= 4 is 5.91 Å². The summed E-state index contributed by atoms with van der Waals surface area (Å²) in [5, 5.41) is 0. The highest BCUT2D eigenvalue weighted by Gasteiger charge is 2.45. The van der Waals surface area contributed by atoms with Gasteiger partial charge >= 0.3 is 6.18 Å². The van der Waals surface area contributed by atoms with Crippen LogP contribution in [0, 0.1) is 5.92 Å². The standard InChI is InChI=1S/C14H15F3N2O/c15-14(16,17)12-6-7-19(9-11(12)13(18)20)8-10-4-2-1-3-5-10/h1-5,9,12H,6-8H2,(H2,18,20)/t12-/m1/s1. The van der Waals surface area contributed by atoms with Crippen LogP contribution in [0.1, 0.15) is 12.0 Å². The Morgan fingerprint density at radius 1 is 1.30 bits per heavy atom. The minimum Gasteiger partial charge on any atom is -0.373 e. The van der Waals surface area contributed by atoms with Crippen molar-refractivity contribution in [3.05, 3.63) is 47.7 Å². The van der Waals surface area contributed by atoms with Crippen molar-refractivity contribution in [3.8, 4) is 0 Å². The average Bonchev–Trinajstić information content (AvgIpc) is 2.38. The summed E-state index contributed by atoms with van der Waals surface area (Å²) in [5.74, 6) is -2.77. The van der Waals surface area contributed by atoms with Gasteiger partial charge in [0.05, 0.1) is 5.92 Å². The van der Waals surface area contributed by atoms with E-state index in [9.17, 15) is 18.0 Å². The fourth-order valence-corrected chi connectivity index (χ4v) is 2.32. The van der Waals surface area contributed by atoms with E-state index < -0.39 is 18.0 Å². The van der Waals surface area contributed by atoms with Crippen LogP contribution in [0.3, 0.4) is 0 Å². The molecule has 2 rings (SSSR count). The Hall–Kier alpha value is -1.98. The van der Waals surface area contributed by atoms with E-state index in [2.05, 4.69) is 0 Å². The molecule has 0 aliphatic carbocycles. The number of rotatable bonds is 3. The van der Waals surface area contributed by atoms with E-state index in [1.54, 1.807) is 4.90 Å². The van der Waals surface area contributed by atoms with Crippen molar-refractivity contribution in [1.82, 2.24) is 4.90 Å². The van der Waals surface area contributed by atoms with Crippen molar-refractivity contribution in [3.63, 3.8) is 0 Å². The average molecular weight is 284 g/mol. The van der Waals surface area contributed by atoms with Crippen molar-refractivity contribution in [1.29, 1.82) is 0 Å². The van der Waals surface area contributed by atoms with Gasteiger partial charge < -0.3 is 10.6 Å². The molecule has 1 aromatic carbocycles. The van der Waals surface area contributed by atoms with Gasteiger partial charge in [0.15, 0.2) is 0 Å². The van der Waals surface area contributed by atoms with Crippen LogP contribution in [0.15, 0.2) is 42.1 Å². The third kappa shape index (κ3) is 3.31. The monoisotopic (exact) mass is 284 g/mol. The number of alkyl halides is 3. The number of nitrogens with zero attached hydrogens (tertiary/aromatic N) is 1. The minimum atomic E-state index is -4.43. The summed E-state index contributed by atoms with van der Waals surface area (Å²) in [7, 11) is 0. The number of benzene rings is 1. The molecule has 1 aliphatic rings. The Morgan fingerprint density at radius 3 is 2.50 bits per heavy atom. The molecule has 0 unspecified atom stereocenters. The quantitative estimate of drug-likeness (QED) is 0.926. The number of carbonyl (C=O) groups excluding carboxylic acids is 1. The molecule has 108 valence electrons. The van der Waals surface area contributed by atoms with Crippen molar-refractivity contribution < 1.29 is 18.0 Å². The van der Waals surface area contributed by atoms with Crippen LogP contribution in [-0.2, 0) is 11.3 Å². The van der Waals surface area contributed by atoms with Crippen LogP contribution >= 0.6 is 0 Å². The number of halogens is 3. The molecule has 0 bridgehead atoms. The zero-order valence-corrected chi connectivity index (χ0v) is 10.7. The van der Waals surface area contributed by atoms with E-state index in [1.807, 2.05) is 30.3 Å². The molecule has 0 saturated carbocycles. The Bertz CT molecular complexity index is 511. The molecule has 2 N–H and O–H groups in total. The van der Waals surface area contributed by atoms with E-state index in [-0.39, 0.29) is 18.5 Å². The van der Waals surface area contributed by atoms with E-state index in [0.717, 1.165) is 5.56 Å². The second-order valence-electron chi connectivity index (χ2n) is 4.79. The van der Waals surface area contributed by atoms with Gasteiger partial charge in [-0.05, 0) is 12.0 Å². The molecule has 0 radical (unpaired) electrons. The highest BCUT2D eigenvalue weighted by molar-refractivity contribution is 5.92. The number of carbonyl (C=O) groups is 1. The molecular weight excluding hydrogens is 269 g/mol. The van der Waals surface area contributed by atoms with Gasteiger partial charge in [-0.2, -0.15) is 13.2 Å². The van der Waals surface area contributed by atoms with Gasteiger partial charge in [0.25, 0.3) is 0 Å². The summed E-state index contributed by atoms with van der Waals surface area (Å²) in [6.45, 7) is 0.706. The first-order chi connectivity index (χ1) is 9.38. The lowest BCUT2D eigenvalue weighted by molar-refractivity contribution is -0.170. The Kier molecular flexibility index (Phi) is 4.01. The predicted octanol–water partition coefficient (Wildman–Crippen LogP) is 2.44.